The van der Waals surface area contributed by atoms with Crippen molar-refractivity contribution in [2.24, 2.45) is 11.8 Å². The molecule has 2 amide bonds. The van der Waals surface area contributed by atoms with Gasteiger partial charge in [-0.05, 0) is 45.4 Å². The third kappa shape index (κ3) is 4.67. The van der Waals surface area contributed by atoms with Gasteiger partial charge in [0.2, 0.25) is 11.8 Å². The van der Waals surface area contributed by atoms with Crippen LogP contribution in [0, 0.1) is 11.8 Å². The highest BCUT2D eigenvalue weighted by molar-refractivity contribution is 5.98. The van der Waals surface area contributed by atoms with Crippen LogP contribution in [0.15, 0.2) is 25.3 Å². The Labute approximate surface area is 202 Å². The molecule has 6 atom stereocenters. The minimum Gasteiger partial charge on any atom is -0.465 e. The van der Waals surface area contributed by atoms with Gasteiger partial charge in [-0.2, -0.15) is 0 Å². The van der Waals surface area contributed by atoms with Crippen LogP contribution in [0.2, 0.25) is 0 Å². The highest BCUT2D eigenvalue weighted by atomic mass is 16.6. The van der Waals surface area contributed by atoms with E-state index in [0.717, 1.165) is 32.1 Å². The molecule has 3 aliphatic heterocycles. The van der Waals surface area contributed by atoms with Gasteiger partial charge >= 0.3 is 5.97 Å². The van der Waals surface area contributed by atoms with E-state index in [9.17, 15) is 19.5 Å². The summed E-state index contributed by atoms with van der Waals surface area (Å²) in [5.41, 5.74) is -1.07. The van der Waals surface area contributed by atoms with Crippen LogP contribution in [0.5, 0.6) is 0 Å². The molecule has 3 fully saturated rings. The number of unbranched alkanes of at least 4 members (excludes halogenated alkanes) is 3. The molecular weight excluding hydrogens is 436 g/mol. The molecule has 0 radical (unpaired) electrons. The number of aliphatic hydroxyl groups is 1. The number of ether oxygens (including phenoxy) is 2. The Morgan fingerprint density at radius 2 is 2.09 bits per heavy atom. The van der Waals surface area contributed by atoms with E-state index in [1.54, 1.807) is 17.9 Å². The zero-order valence-corrected chi connectivity index (χ0v) is 20.6. The van der Waals surface area contributed by atoms with Gasteiger partial charge < -0.3 is 24.4 Å². The number of allylic oxidation sites excluding steroid dienone is 1. The maximum absolute atomic E-state index is 13.9. The molecule has 8 heteroatoms. The van der Waals surface area contributed by atoms with Crippen molar-refractivity contribution >= 4 is 17.8 Å². The van der Waals surface area contributed by atoms with Gasteiger partial charge in [-0.15, -0.1) is 13.2 Å². The predicted octanol–water partition coefficient (Wildman–Crippen LogP) is 2.46. The van der Waals surface area contributed by atoms with Crippen LogP contribution in [-0.4, -0.2) is 82.8 Å². The lowest BCUT2D eigenvalue weighted by Gasteiger charge is -2.38. The summed E-state index contributed by atoms with van der Waals surface area (Å²) < 4.78 is 11.9. The Balaban J connectivity index is 1.88. The SMILES string of the molecule is C=CCCCCOC(=O)[C@@H]1[C@H]2C(=O)N([C@H](C)CO)C(C(=O)N(CC=C)CCCC)C23CC[C@H]1O3. The number of nitrogens with zero attached hydrogens (tertiary/aromatic N) is 2. The van der Waals surface area contributed by atoms with Crippen LogP contribution in [0.1, 0.15) is 58.8 Å². The van der Waals surface area contributed by atoms with Gasteiger partial charge in [0.05, 0.1) is 37.2 Å². The van der Waals surface area contributed by atoms with Crippen molar-refractivity contribution in [1.29, 1.82) is 0 Å². The predicted molar refractivity (Wildman–Crippen MR) is 128 cm³/mol. The summed E-state index contributed by atoms with van der Waals surface area (Å²) in [6, 6.07) is -1.45. The number of likely N-dealkylation sites (tertiary alicyclic amines) is 1. The second kappa shape index (κ2) is 11.5. The first-order valence-corrected chi connectivity index (χ1v) is 12.7. The van der Waals surface area contributed by atoms with E-state index in [0.29, 0.717) is 25.9 Å². The van der Waals surface area contributed by atoms with E-state index >= 15 is 0 Å². The van der Waals surface area contributed by atoms with Crippen LogP contribution in [-0.2, 0) is 23.9 Å². The zero-order valence-electron chi connectivity index (χ0n) is 20.6. The Morgan fingerprint density at radius 3 is 2.74 bits per heavy atom. The summed E-state index contributed by atoms with van der Waals surface area (Å²) in [5, 5.41) is 9.91. The van der Waals surface area contributed by atoms with Crippen molar-refractivity contribution in [3.8, 4) is 0 Å². The second-order valence-electron chi connectivity index (χ2n) is 9.71. The summed E-state index contributed by atoms with van der Waals surface area (Å²) in [7, 11) is 0. The highest BCUT2D eigenvalue weighted by Crippen LogP contribution is 2.59. The molecule has 1 spiro atoms. The minimum absolute atomic E-state index is 0.205. The van der Waals surface area contributed by atoms with Gasteiger partial charge in [0.15, 0.2) is 0 Å². The number of rotatable bonds is 14. The molecule has 3 rings (SSSR count). The molecule has 0 aromatic rings. The average Bonchev–Trinajstić information content (AvgIpc) is 3.48. The van der Waals surface area contributed by atoms with Crippen LogP contribution in [0.4, 0.5) is 0 Å². The molecule has 0 aromatic heterocycles. The first-order valence-electron chi connectivity index (χ1n) is 12.7. The first-order chi connectivity index (χ1) is 16.4. The van der Waals surface area contributed by atoms with Gasteiger partial charge in [0.25, 0.3) is 0 Å². The maximum atomic E-state index is 13.9. The summed E-state index contributed by atoms with van der Waals surface area (Å²) in [6.45, 7) is 12.2. The summed E-state index contributed by atoms with van der Waals surface area (Å²) in [4.78, 5) is 43.9. The first kappa shape index (κ1) is 26.4. The molecule has 3 aliphatic rings. The molecule has 0 aromatic carbocycles. The van der Waals surface area contributed by atoms with Crippen molar-refractivity contribution in [2.45, 2.75) is 82.6 Å². The van der Waals surface area contributed by atoms with Crippen molar-refractivity contribution in [3.05, 3.63) is 25.3 Å². The van der Waals surface area contributed by atoms with Crippen LogP contribution in [0.3, 0.4) is 0 Å². The number of aliphatic hydroxyl groups excluding tert-OH is 1. The van der Waals surface area contributed by atoms with E-state index in [2.05, 4.69) is 20.1 Å². The fourth-order valence-corrected chi connectivity index (χ4v) is 5.83. The number of carbonyl (C=O) groups excluding carboxylic acids is 3. The smallest absolute Gasteiger partial charge is 0.312 e. The van der Waals surface area contributed by atoms with Crippen molar-refractivity contribution in [2.75, 3.05) is 26.3 Å². The summed E-state index contributed by atoms with van der Waals surface area (Å²) in [6.07, 6.45) is 8.42. The standard InChI is InChI=1S/C26H40N2O6/c1-5-8-10-11-16-33-25(32)20-19-12-13-26(34-19)21(20)23(30)28(18(4)17-29)22(26)24(31)27(14-7-3)15-9-6-2/h5,7,18-22,29H,1,3,6,8-17H2,2,4H3/t18-,19-,20+,21+,22?,26?/m1/s1. The molecule has 190 valence electrons. The number of fused-ring (bicyclic) bond motifs is 1. The largest absolute Gasteiger partial charge is 0.465 e. The second-order valence-corrected chi connectivity index (χ2v) is 9.71. The Hall–Kier alpha value is -2.19. The van der Waals surface area contributed by atoms with E-state index in [1.165, 1.54) is 4.90 Å². The van der Waals surface area contributed by atoms with Crippen LogP contribution in [0.25, 0.3) is 0 Å². The normalized spacial score (nSPS) is 30.2. The minimum atomic E-state index is -1.07. The Morgan fingerprint density at radius 1 is 1.32 bits per heavy atom. The monoisotopic (exact) mass is 476 g/mol. The fourth-order valence-electron chi connectivity index (χ4n) is 5.83. The third-order valence-electron chi connectivity index (χ3n) is 7.47. The lowest BCUT2D eigenvalue weighted by Crippen LogP contribution is -2.58. The number of amides is 2. The Bertz CT molecular complexity index is 785. The molecule has 0 aliphatic carbocycles. The molecule has 2 unspecified atom stereocenters. The molecule has 3 heterocycles. The number of carbonyl (C=O) groups is 3. The highest BCUT2D eigenvalue weighted by Gasteiger charge is 2.75. The molecular formula is C26H40N2O6. The van der Waals surface area contributed by atoms with E-state index in [4.69, 9.17) is 9.47 Å². The van der Waals surface area contributed by atoms with Crippen molar-refractivity contribution in [1.82, 2.24) is 9.80 Å². The van der Waals surface area contributed by atoms with Gasteiger partial charge in [0, 0.05) is 13.1 Å². The van der Waals surface area contributed by atoms with Crippen molar-refractivity contribution < 1.29 is 29.0 Å². The van der Waals surface area contributed by atoms with Gasteiger partial charge in [-0.1, -0.05) is 25.5 Å². The molecule has 1 N–H and O–H groups in total. The van der Waals surface area contributed by atoms with E-state index in [1.807, 2.05) is 6.08 Å². The van der Waals surface area contributed by atoms with Gasteiger partial charge in [-0.25, -0.2) is 0 Å². The quantitative estimate of drug-likeness (QED) is 0.235. The third-order valence-corrected chi connectivity index (χ3v) is 7.47. The molecule has 34 heavy (non-hydrogen) atoms. The lowest BCUT2D eigenvalue weighted by atomic mass is 9.70. The molecule has 3 saturated heterocycles. The van der Waals surface area contributed by atoms with Crippen molar-refractivity contribution in [3.63, 3.8) is 0 Å². The number of hydrogen-bond acceptors (Lipinski definition) is 6. The number of hydrogen-bond donors (Lipinski definition) is 1. The van der Waals surface area contributed by atoms with E-state index in [-0.39, 0.29) is 25.0 Å². The van der Waals surface area contributed by atoms with E-state index < -0.39 is 41.6 Å². The summed E-state index contributed by atoms with van der Waals surface area (Å²) >= 11 is 0. The fraction of sp³-hybridized carbons (Fsp3) is 0.731. The topological polar surface area (TPSA) is 96.4 Å². The van der Waals surface area contributed by atoms with Crippen LogP contribution >= 0.6 is 0 Å². The number of esters is 1. The summed E-state index contributed by atoms with van der Waals surface area (Å²) in [5.74, 6) is -2.43. The van der Waals surface area contributed by atoms with Gasteiger partial charge in [-0.3, -0.25) is 14.4 Å². The maximum Gasteiger partial charge on any atom is 0.312 e. The molecule has 0 saturated carbocycles. The molecule has 8 nitrogen and oxygen atoms in total. The Kier molecular flexibility index (Phi) is 8.93. The lowest BCUT2D eigenvalue weighted by molar-refractivity contribution is -0.156. The molecule has 2 bridgehead atoms. The zero-order chi connectivity index (χ0) is 24.9. The van der Waals surface area contributed by atoms with Gasteiger partial charge in [0.1, 0.15) is 11.6 Å². The van der Waals surface area contributed by atoms with Crippen LogP contribution < -0.4 is 0 Å². The average molecular weight is 477 g/mol.